The van der Waals surface area contributed by atoms with Crippen molar-refractivity contribution in [2.75, 3.05) is 0 Å². The Morgan fingerprint density at radius 1 is 1.21 bits per heavy atom. The number of halogens is 2. The maximum atomic E-state index is 14.4. The lowest BCUT2D eigenvalue weighted by Crippen LogP contribution is -2.34. The normalized spacial score (nSPS) is 13.5. The van der Waals surface area contributed by atoms with E-state index < -0.39 is 11.4 Å². The second-order valence-electron chi connectivity index (χ2n) is 5.42. The van der Waals surface area contributed by atoms with E-state index in [-0.39, 0.29) is 12.1 Å². The van der Waals surface area contributed by atoms with Crippen LogP contribution in [0.4, 0.5) is 4.39 Å². The number of hydrogen-bond acceptors (Lipinski definition) is 3. The molecule has 1 unspecified atom stereocenters. The lowest BCUT2D eigenvalue weighted by atomic mass is 9.82. The Kier molecular flexibility index (Phi) is 4.77. The van der Waals surface area contributed by atoms with Gasteiger partial charge in [-0.2, -0.15) is 5.10 Å². The zero-order valence-electron chi connectivity index (χ0n) is 12.7. The summed E-state index contributed by atoms with van der Waals surface area (Å²) >= 11 is 2.20. The van der Waals surface area contributed by atoms with Crippen LogP contribution in [0.25, 0.3) is 5.57 Å². The van der Waals surface area contributed by atoms with Gasteiger partial charge in [-0.05, 0) is 51.9 Å². The molecule has 24 heavy (non-hydrogen) atoms. The predicted octanol–water partition coefficient (Wildman–Crippen LogP) is 3.62. The van der Waals surface area contributed by atoms with Gasteiger partial charge in [-0.1, -0.05) is 36.9 Å². The Morgan fingerprint density at radius 2 is 1.92 bits per heavy atom. The summed E-state index contributed by atoms with van der Waals surface area (Å²) in [7, 11) is 0. The van der Waals surface area contributed by atoms with E-state index in [0.29, 0.717) is 5.57 Å². The Labute approximate surface area is 152 Å². The van der Waals surface area contributed by atoms with Crippen LogP contribution in [0.15, 0.2) is 67.8 Å². The lowest BCUT2D eigenvalue weighted by Gasteiger charge is -2.31. The minimum atomic E-state index is -1.65. The molecule has 1 atom stereocenters. The molecule has 1 N–H and O–H groups in total. The second kappa shape index (κ2) is 6.82. The summed E-state index contributed by atoms with van der Waals surface area (Å²) in [6.45, 7) is 4.06. The largest absolute Gasteiger partial charge is 0.378 e. The van der Waals surface area contributed by atoms with Crippen molar-refractivity contribution in [2.45, 2.75) is 12.1 Å². The van der Waals surface area contributed by atoms with Gasteiger partial charge in [-0.3, -0.25) is 0 Å². The molecule has 0 aliphatic rings. The summed E-state index contributed by atoms with van der Waals surface area (Å²) in [5.41, 5.74) is -0.351. The molecule has 6 heteroatoms. The molecule has 122 valence electrons. The van der Waals surface area contributed by atoms with E-state index in [1.165, 1.54) is 23.4 Å². The monoisotopic (exact) mass is 435 g/mol. The molecule has 0 saturated carbocycles. The van der Waals surface area contributed by atoms with Crippen LogP contribution in [0.1, 0.15) is 11.1 Å². The number of rotatable bonds is 5. The molecular weight excluding hydrogens is 420 g/mol. The van der Waals surface area contributed by atoms with E-state index >= 15 is 0 Å². The third-order valence-electron chi connectivity index (χ3n) is 3.87. The molecule has 0 aliphatic carbocycles. The average Bonchev–Trinajstić information content (AvgIpc) is 3.08. The van der Waals surface area contributed by atoms with Crippen molar-refractivity contribution in [1.82, 2.24) is 14.8 Å². The van der Waals surface area contributed by atoms with E-state index in [4.69, 9.17) is 0 Å². The molecule has 4 nitrogen and oxygen atoms in total. The summed E-state index contributed by atoms with van der Waals surface area (Å²) in [6.07, 6.45) is 2.85. The van der Waals surface area contributed by atoms with Crippen molar-refractivity contribution in [3.63, 3.8) is 0 Å². The molecule has 3 rings (SSSR count). The molecule has 0 saturated heterocycles. The van der Waals surface area contributed by atoms with Gasteiger partial charge in [0, 0.05) is 9.13 Å². The summed E-state index contributed by atoms with van der Waals surface area (Å²) in [6, 6.07) is 13.7. The minimum Gasteiger partial charge on any atom is -0.378 e. The van der Waals surface area contributed by atoms with E-state index in [0.717, 1.165) is 9.13 Å². The maximum absolute atomic E-state index is 14.4. The van der Waals surface area contributed by atoms with Crippen molar-refractivity contribution in [1.29, 1.82) is 0 Å². The van der Waals surface area contributed by atoms with Crippen molar-refractivity contribution in [2.24, 2.45) is 0 Å². The molecule has 1 heterocycles. The van der Waals surface area contributed by atoms with Gasteiger partial charge in [0.05, 0.1) is 6.54 Å². The van der Waals surface area contributed by atoms with Gasteiger partial charge in [-0.15, -0.1) is 0 Å². The third kappa shape index (κ3) is 3.25. The molecule has 0 fully saturated rings. The SMILES string of the molecule is C=C(c1ccc(I)cc1)C(O)(Cn1cncn1)c1ccccc1F. The zero-order valence-corrected chi connectivity index (χ0v) is 14.9. The summed E-state index contributed by atoms with van der Waals surface area (Å²) in [5.74, 6) is -0.494. The number of hydrogen-bond donors (Lipinski definition) is 1. The van der Waals surface area contributed by atoms with Crippen LogP contribution >= 0.6 is 22.6 Å². The highest BCUT2D eigenvalue weighted by atomic mass is 127. The van der Waals surface area contributed by atoms with E-state index in [2.05, 4.69) is 39.3 Å². The molecule has 0 spiro atoms. The molecule has 0 aliphatic heterocycles. The highest BCUT2D eigenvalue weighted by Crippen LogP contribution is 2.37. The summed E-state index contributed by atoms with van der Waals surface area (Å²) in [4.78, 5) is 3.88. The fourth-order valence-electron chi connectivity index (χ4n) is 2.58. The van der Waals surface area contributed by atoms with Crippen molar-refractivity contribution >= 4 is 28.2 Å². The first-order chi connectivity index (χ1) is 11.5. The molecule has 3 aromatic rings. The summed E-state index contributed by atoms with van der Waals surface area (Å²) < 4.78 is 16.9. The Morgan fingerprint density at radius 3 is 2.54 bits per heavy atom. The van der Waals surface area contributed by atoms with Crippen LogP contribution < -0.4 is 0 Å². The average molecular weight is 435 g/mol. The molecular formula is C18H15FIN3O. The quantitative estimate of drug-likeness (QED) is 0.623. The van der Waals surface area contributed by atoms with Crippen molar-refractivity contribution in [3.05, 3.63) is 88.3 Å². The number of aromatic nitrogens is 3. The van der Waals surface area contributed by atoms with Crippen LogP contribution in [0.2, 0.25) is 0 Å². The van der Waals surface area contributed by atoms with Gasteiger partial charge in [-0.25, -0.2) is 14.1 Å². The van der Waals surface area contributed by atoms with Gasteiger partial charge in [0.15, 0.2) is 0 Å². The Bertz CT molecular complexity index is 849. The van der Waals surface area contributed by atoms with Crippen LogP contribution in [0, 0.1) is 9.39 Å². The van der Waals surface area contributed by atoms with Crippen molar-refractivity contribution < 1.29 is 9.50 Å². The van der Waals surface area contributed by atoms with Gasteiger partial charge in [0.1, 0.15) is 24.1 Å². The molecule has 0 radical (unpaired) electrons. The van der Waals surface area contributed by atoms with Crippen molar-refractivity contribution in [3.8, 4) is 0 Å². The second-order valence-corrected chi connectivity index (χ2v) is 6.66. The van der Waals surface area contributed by atoms with E-state index in [9.17, 15) is 9.50 Å². The number of benzene rings is 2. The maximum Gasteiger partial charge on any atom is 0.137 e. The lowest BCUT2D eigenvalue weighted by molar-refractivity contribution is 0.0728. The van der Waals surface area contributed by atoms with Gasteiger partial charge >= 0.3 is 0 Å². The standard InChI is InChI=1S/C18H15FIN3O/c1-13(14-6-8-15(20)9-7-14)18(24,10-23-12-21-11-22-23)16-4-2-3-5-17(16)19/h2-9,11-12,24H,1,10H2. The van der Waals surface area contributed by atoms with Gasteiger partial charge < -0.3 is 5.11 Å². The van der Waals surface area contributed by atoms with Gasteiger partial charge in [0.2, 0.25) is 0 Å². The van der Waals surface area contributed by atoms with Gasteiger partial charge in [0.25, 0.3) is 0 Å². The van der Waals surface area contributed by atoms with Crippen LogP contribution in [-0.2, 0) is 12.1 Å². The smallest absolute Gasteiger partial charge is 0.137 e. The highest BCUT2D eigenvalue weighted by molar-refractivity contribution is 14.1. The minimum absolute atomic E-state index is 0.0127. The van der Waals surface area contributed by atoms with Crippen LogP contribution in [0.5, 0.6) is 0 Å². The summed E-state index contributed by atoms with van der Waals surface area (Å²) in [5, 5.41) is 15.4. The number of nitrogens with zero attached hydrogens (tertiary/aromatic N) is 3. The Balaban J connectivity index is 2.09. The molecule has 0 bridgehead atoms. The van der Waals surface area contributed by atoms with E-state index in [1.807, 2.05) is 24.3 Å². The fraction of sp³-hybridized carbons (Fsp3) is 0.111. The number of aliphatic hydroxyl groups is 1. The first-order valence-corrected chi connectivity index (χ1v) is 8.34. The topological polar surface area (TPSA) is 50.9 Å². The Hall–Kier alpha value is -2.06. The van der Waals surface area contributed by atoms with Crippen LogP contribution in [-0.4, -0.2) is 19.9 Å². The highest BCUT2D eigenvalue weighted by Gasteiger charge is 2.36. The third-order valence-corrected chi connectivity index (χ3v) is 4.59. The zero-order chi connectivity index (χ0) is 17.2. The predicted molar refractivity (Wildman–Crippen MR) is 98.5 cm³/mol. The molecule has 0 amide bonds. The first-order valence-electron chi connectivity index (χ1n) is 7.26. The molecule has 2 aromatic carbocycles. The molecule has 1 aromatic heterocycles. The fourth-order valence-corrected chi connectivity index (χ4v) is 2.94. The first kappa shape index (κ1) is 16.8. The van der Waals surface area contributed by atoms with Crippen LogP contribution in [0.3, 0.4) is 0 Å². The van der Waals surface area contributed by atoms with E-state index in [1.54, 1.807) is 18.2 Å².